The first kappa shape index (κ1) is 21.3. The van der Waals surface area contributed by atoms with E-state index in [9.17, 15) is 9.59 Å². The predicted octanol–water partition coefficient (Wildman–Crippen LogP) is 3.13. The first-order valence-electron chi connectivity index (χ1n) is 8.56. The molecular weight excluding hydrogens is 418 g/mol. The molecule has 8 nitrogen and oxygen atoms in total. The molecule has 150 valence electrons. The molecule has 1 aliphatic heterocycles. The van der Waals surface area contributed by atoms with Crippen LogP contribution in [0.5, 0.6) is 5.88 Å². The lowest BCUT2D eigenvalue weighted by Gasteiger charge is -2.29. The Morgan fingerprint density at radius 1 is 1.33 bits per heavy atom. The first-order valence-corrected chi connectivity index (χ1v) is 9.36. The van der Waals surface area contributed by atoms with Gasteiger partial charge in [-0.2, -0.15) is 0 Å². The monoisotopic (exact) mass is 443 g/mol. The average Bonchev–Trinajstić information content (AvgIpc) is 2.93. The van der Waals surface area contributed by atoms with E-state index in [-0.39, 0.29) is 0 Å². The van der Waals surface area contributed by atoms with Crippen molar-refractivity contribution in [2.45, 2.75) is 45.3 Å². The molecule has 0 saturated carbocycles. The summed E-state index contributed by atoms with van der Waals surface area (Å²) in [6.07, 6.45) is 1.65. The minimum atomic E-state index is -0.571. The van der Waals surface area contributed by atoms with E-state index in [2.05, 4.69) is 26.2 Å². The highest BCUT2D eigenvalue weighted by atomic mass is 79.9. The fraction of sp³-hybridized carbons (Fsp3) is 0.611. The standard InChI is InChI=1S/C18H26BrN3O5/c1-17(2,3)27-16(24)21-18(4)7-8-22(10-18)13-11(15(23)26-6)9-20-14(25-5)12(13)19/h9H,7-8,10H2,1-6H3,(H,21,24)/t18-/m0/s1. The summed E-state index contributed by atoms with van der Waals surface area (Å²) in [6.45, 7) is 8.52. The molecule has 1 saturated heterocycles. The van der Waals surface area contributed by atoms with Crippen molar-refractivity contribution >= 4 is 33.7 Å². The van der Waals surface area contributed by atoms with Crippen LogP contribution in [0.2, 0.25) is 0 Å². The van der Waals surface area contributed by atoms with Gasteiger partial charge in [0.1, 0.15) is 15.6 Å². The van der Waals surface area contributed by atoms with Crippen molar-refractivity contribution in [1.82, 2.24) is 10.3 Å². The van der Waals surface area contributed by atoms with Crippen LogP contribution in [0.25, 0.3) is 0 Å². The molecule has 0 bridgehead atoms. The predicted molar refractivity (Wildman–Crippen MR) is 104 cm³/mol. The van der Waals surface area contributed by atoms with Crippen LogP contribution in [0.4, 0.5) is 10.5 Å². The molecule has 0 unspecified atom stereocenters. The molecule has 0 aliphatic carbocycles. The number of anilines is 1. The fourth-order valence-electron chi connectivity index (χ4n) is 2.98. The second-order valence-electron chi connectivity index (χ2n) is 7.69. The van der Waals surface area contributed by atoms with Crippen LogP contribution < -0.4 is 15.0 Å². The number of halogens is 1. The maximum absolute atomic E-state index is 12.2. The Hall–Kier alpha value is -2.03. The van der Waals surface area contributed by atoms with E-state index in [1.165, 1.54) is 20.4 Å². The van der Waals surface area contributed by atoms with Crippen LogP contribution >= 0.6 is 15.9 Å². The molecule has 9 heteroatoms. The number of carbonyl (C=O) groups excluding carboxylic acids is 2. The molecule has 2 heterocycles. The van der Waals surface area contributed by atoms with Crippen LogP contribution in [-0.4, -0.2) is 55.5 Å². The smallest absolute Gasteiger partial charge is 0.408 e. The lowest BCUT2D eigenvalue weighted by molar-refractivity contribution is 0.0472. The van der Waals surface area contributed by atoms with Gasteiger partial charge in [0.25, 0.3) is 0 Å². The molecule has 1 amide bonds. The number of pyridine rings is 1. The van der Waals surface area contributed by atoms with Crippen molar-refractivity contribution in [2.75, 3.05) is 32.2 Å². The molecule has 1 aromatic rings. The summed E-state index contributed by atoms with van der Waals surface area (Å²) >= 11 is 3.48. The van der Waals surface area contributed by atoms with Crippen LogP contribution in [-0.2, 0) is 9.47 Å². The topological polar surface area (TPSA) is 90.0 Å². The van der Waals surface area contributed by atoms with Crippen LogP contribution in [0.3, 0.4) is 0 Å². The highest BCUT2D eigenvalue weighted by Gasteiger charge is 2.39. The first-order chi connectivity index (χ1) is 12.5. The van der Waals surface area contributed by atoms with Gasteiger partial charge in [0.2, 0.25) is 5.88 Å². The number of nitrogens with one attached hydrogen (secondary N) is 1. The summed E-state index contributed by atoms with van der Waals surface area (Å²) in [7, 11) is 2.83. The van der Waals surface area contributed by atoms with Crippen LogP contribution in [0.15, 0.2) is 10.7 Å². The minimum Gasteiger partial charge on any atom is -0.480 e. The number of hydrogen-bond donors (Lipinski definition) is 1. The number of carbonyl (C=O) groups is 2. The summed E-state index contributed by atoms with van der Waals surface area (Å²) in [5.74, 6) is -0.124. The summed E-state index contributed by atoms with van der Waals surface area (Å²) in [5, 5.41) is 2.94. The normalized spacial score (nSPS) is 19.6. The summed E-state index contributed by atoms with van der Waals surface area (Å²) < 4.78 is 16.1. The number of nitrogens with zero attached hydrogens (tertiary/aromatic N) is 2. The van der Waals surface area contributed by atoms with Gasteiger partial charge in [0, 0.05) is 19.3 Å². The fourth-order valence-corrected chi connectivity index (χ4v) is 3.70. The van der Waals surface area contributed by atoms with Crippen molar-refractivity contribution in [3.8, 4) is 5.88 Å². The maximum atomic E-state index is 12.2. The second-order valence-corrected chi connectivity index (χ2v) is 8.49. The van der Waals surface area contributed by atoms with Gasteiger partial charge in [-0.15, -0.1) is 0 Å². The molecule has 27 heavy (non-hydrogen) atoms. The minimum absolute atomic E-state index is 0.326. The highest BCUT2D eigenvalue weighted by molar-refractivity contribution is 9.10. The third-order valence-electron chi connectivity index (χ3n) is 4.15. The van der Waals surface area contributed by atoms with Gasteiger partial charge < -0.3 is 24.4 Å². The molecule has 0 aromatic carbocycles. The van der Waals surface area contributed by atoms with E-state index in [1.54, 1.807) is 0 Å². The van der Waals surface area contributed by atoms with Crippen molar-refractivity contribution in [1.29, 1.82) is 0 Å². The number of aromatic nitrogens is 1. The van der Waals surface area contributed by atoms with Crippen molar-refractivity contribution < 1.29 is 23.8 Å². The average molecular weight is 444 g/mol. The van der Waals surface area contributed by atoms with E-state index in [0.29, 0.717) is 41.1 Å². The van der Waals surface area contributed by atoms with E-state index >= 15 is 0 Å². The molecule has 2 rings (SSSR count). The number of esters is 1. The maximum Gasteiger partial charge on any atom is 0.408 e. The molecule has 1 atom stereocenters. The molecule has 0 spiro atoms. The van der Waals surface area contributed by atoms with Gasteiger partial charge in [0.15, 0.2) is 0 Å². The van der Waals surface area contributed by atoms with Crippen molar-refractivity contribution in [2.24, 2.45) is 0 Å². The van der Waals surface area contributed by atoms with Crippen LogP contribution in [0, 0.1) is 0 Å². The number of hydrogen-bond acceptors (Lipinski definition) is 7. The number of ether oxygens (including phenoxy) is 3. The van der Waals surface area contributed by atoms with Crippen molar-refractivity contribution in [3.63, 3.8) is 0 Å². The zero-order chi connectivity index (χ0) is 20.4. The Balaban J connectivity index is 2.28. The molecular formula is C18H26BrN3O5. The SMILES string of the molecule is COC(=O)c1cnc(OC)c(Br)c1N1CC[C@](C)(NC(=O)OC(C)(C)C)C1. The third-order valence-corrected chi connectivity index (χ3v) is 4.87. The summed E-state index contributed by atoms with van der Waals surface area (Å²) in [6, 6.07) is 0. The Bertz CT molecular complexity index is 734. The molecule has 1 aromatic heterocycles. The van der Waals surface area contributed by atoms with Gasteiger partial charge in [-0.05, 0) is 50.0 Å². The number of rotatable bonds is 4. The molecule has 1 N–H and O–H groups in total. The Kier molecular flexibility index (Phi) is 6.24. The number of amides is 1. The molecule has 1 fully saturated rings. The van der Waals surface area contributed by atoms with E-state index in [0.717, 1.165) is 0 Å². The van der Waals surface area contributed by atoms with Crippen molar-refractivity contribution in [3.05, 3.63) is 16.2 Å². The van der Waals surface area contributed by atoms with Gasteiger partial charge in [-0.25, -0.2) is 14.6 Å². The zero-order valence-corrected chi connectivity index (χ0v) is 18.1. The quantitative estimate of drug-likeness (QED) is 0.714. The lowest BCUT2D eigenvalue weighted by Crippen LogP contribution is -2.49. The lowest BCUT2D eigenvalue weighted by atomic mass is 10.0. The van der Waals surface area contributed by atoms with E-state index in [1.807, 2.05) is 32.6 Å². The zero-order valence-electron chi connectivity index (χ0n) is 16.5. The van der Waals surface area contributed by atoms with Gasteiger partial charge in [-0.3, -0.25) is 0 Å². The Morgan fingerprint density at radius 2 is 2.00 bits per heavy atom. The van der Waals surface area contributed by atoms with Crippen LogP contribution in [0.1, 0.15) is 44.5 Å². The second kappa shape index (κ2) is 7.92. The number of methoxy groups -OCH3 is 2. The highest BCUT2D eigenvalue weighted by Crippen LogP contribution is 2.39. The van der Waals surface area contributed by atoms with Gasteiger partial charge in [0.05, 0.1) is 25.4 Å². The van der Waals surface area contributed by atoms with Gasteiger partial charge in [-0.1, -0.05) is 0 Å². The van der Waals surface area contributed by atoms with E-state index < -0.39 is 23.2 Å². The Labute approximate surface area is 167 Å². The summed E-state index contributed by atoms with van der Waals surface area (Å²) in [5.41, 5.74) is -0.126. The molecule has 0 radical (unpaired) electrons. The Morgan fingerprint density at radius 3 is 2.56 bits per heavy atom. The van der Waals surface area contributed by atoms with Gasteiger partial charge >= 0.3 is 12.1 Å². The molecule has 1 aliphatic rings. The number of alkyl carbamates (subject to hydrolysis) is 1. The summed E-state index contributed by atoms with van der Waals surface area (Å²) in [4.78, 5) is 30.5. The van der Waals surface area contributed by atoms with E-state index in [4.69, 9.17) is 14.2 Å². The third kappa shape index (κ3) is 5.03. The largest absolute Gasteiger partial charge is 0.480 e.